The molecule has 0 amide bonds. The zero-order valence-corrected chi connectivity index (χ0v) is 7.79. The Morgan fingerprint density at radius 2 is 2.27 bits per heavy atom. The molecule has 2 rings (SSSR count). The van der Waals surface area contributed by atoms with E-state index in [9.17, 15) is 4.79 Å². The van der Waals surface area contributed by atoms with Crippen molar-refractivity contribution in [2.24, 2.45) is 0 Å². The minimum atomic E-state index is -0.983. The normalized spacial score (nSPS) is 10.9. The molecule has 0 unspecified atom stereocenters. The van der Waals surface area contributed by atoms with Crippen LogP contribution in [0.3, 0.4) is 0 Å². The fraction of sp³-hybridized carbons (Fsp3) is 0. The first-order valence-electron chi connectivity index (χ1n) is 4.37. The van der Waals surface area contributed by atoms with E-state index in [2.05, 4.69) is 9.97 Å². The van der Waals surface area contributed by atoms with Gasteiger partial charge in [0.1, 0.15) is 0 Å². The van der Waals surface area contributed by atoms with E-state index in [0.29, 0.717) is 5.56 Å². The van der Waals surface area contributed by atoms with Crippen molar-refractivity contribution in [3.63, 3.8) is 0 Å². The van der Waals surface area contributed by atoms with Crippen LogP contribution in [0.1, 0.15) is 5.56 Å². The van der Waals surface area contributed by atoms with Crippen molar-refractivity contribution in [3.8, 4) is 0 Å². The quantitative estimate of drug-likeness (QED) is 0.750. The Morgan fingerprint density at radius 3 is 3.07 bits per heavy atom. The van der Waals surface area contributed by atoms with E-state index in [0.717, 1.165) is 17.0 Å². The van der Waals surface area contributed by atoms with Gasteiger partial charge in [-0.1, -0.05) is 0 Å². The van der Waals surface area contributed by atoms with Crippen molar-refractivity contribution >= 4 is 22.9 Å². The van der Waals surface area contributed by atoms with Gasteiger partial charge in [0.15, 0.2) is 0 Å². The summed E-state index contributed by atoms with van der Waals surface area (Å²) in [4.78, 5) is 18.6. The van der Waals surface area contributed by atoms with Gasteiger partial charge in [0.25, 0.3) is 0 Å². The largest absolute Gasteiger partial charge is 0.478 e. The van der Waals surface area contributed by atoms with Crippen LogP contribution in [0.25, 0.3) is 17.0 Å². The number of aliphatic carboxylic acids is 1. The van der Waals surface area contributed by atoms with Crippen LogP contribution in [-0.2, 0) is 4.79 Å². The predicted molar refractivity (Wildman–Crippen MR) is 56.2 cm³/mol. The summed E-state index contributed by atoms with van der Waals surface area (Å²) in [5, 5.41) is 9.41. The minimum absolute atomic E-state index is 0.704. The summed E-state index contributed by atoms with van der Waals surface area (Å²) < 4.78 is 0. The second-order valence-corrected chi connectivity index (χ2v) is 2.98. The number of hydrogen-bond acceptors (Lipinski definition) is 3. The van der Waals surface area contributed by atoms with Gasteiger partial charge in [-0.15, -0.1) is 0 Å². The van der Waals surface area contributed by atoms with Crippen molar-refractivity contribution in [1.29, 1.82) is 0 Å². The molecule has 1 N–H and O–H groups in total. The molecule has 0 aliphatic carbocycles. The van der Waals surface area contributed by atoms with E-state index in [4.69, 9.17) is 5.11 Å². The van der Waals surface area contributed by atoms with Crippen LogP contribution in [0.2, 0.25) is 0 Å². The molecule has 2 aromatic rings. The smallest absolute Gasteiger partial charge is 0.328 e. The Hall–Kier alpha value is -2.23. The second kappa shape index (κ2) is 3.88. The zero-order valence-electron chi connectivity index (χ0n) is 7.79. The molecule has 74 valence electrons. The molecule has 0 bridgehead atoms. The summed E-state index contributed by atoms with van der Waals surface area (Å²) >= 11 is 0. The van der Waals surface area contributed by atoms with Gasteiger partial charge in [-0.05, 0) is 18.2 Å². The standard InChI is InChI=1S/C11H8N2O2/c14-10(15)4-3-9-7-12-6-8-2-1-5-13-11(8)9/h1-7H,(H,14,15). The van der Waals surface area contributed by atoms with Crippen LogP contribution in [0, 0.1) is 0 Å². The molecule has 0 atom stereocenters. The first-order chi connectivity index (χ1) is 7.27. The number of hydrogen-bond donors (Lipinski definition) is 1. The Balaban J connectivity index is 2.56. The monoisotopic (exact) mass is 200 g/mol. The molecule has 0 aliphatic heterocycles. The maximum Gasteiger partial charge on any atom is 0.328 e. The lowest BCUT2D eigenvalue weighted by molar-refractivity contribution is -0.131. The number of fused-ring (bicyclic) bond motifs is 1. The number of nitrogens with zero attached hydrogens (tertiary/aromatic N) is 2. The Morgan fingerprint density at radius 1 is 1.40 bits per heavy atom. The highest BCUT2D eigenvalue weighted by Crippen LogP contribution is 2.15. The summed E-state index contributed by atoms with van der Waals surface area (Å²) in [6.45, 7) is 0. The number of aromatic nitrogens is 2. The molecule has 0 aromatic carbocycles. The Bertz CT molecular complexity index is 530. The van der Waals surface area contributed by atoms with Crippen LogP contribution in [0.4, 0.5) is 0 Å². The van der Waals surface area contributed by atoms with Gasteiger partial charge in [0, 0.05) is 35.6 Å². The van der Waals surface area contributed by atoms with Crippen LogP contribution < -0.4 is 0 Å². The third kappa shape index (κ3) is 1.99. The topological polar surface area (TPSA) is 63.1 Å². The minimum Gasteiger partial charge on any atom is -0.478 e. The molecule has 0 aliphatic rings. The van der Waals surface area contributed by atoms with E-state index in [1.165, 1.54) is 6.08 Å². The van der Waals surface area contributed by atoms with E-state index in [1.807, 2.05) is 12.1 Å². The van der Waals surface area contributed by atoms with Gasteiger partial charge in [-0.2, -0.15) is 0 Å². The fourth-order valence-corrected chi connectivity index (χ4v) is 1.31. The highest BCUT2D eigenvalue weighted by atomic mass is 16.4. The van der Waals surface area contributed by atoms with Gasteiger partial charge in [-0.3, -0.25) is 9.97 Å². The van der Waals surface area contributed by atoms with Crippen LogP contribution in [-0.4, -0.2) is 21.0 Å². The molecule has 2 aromatic heterocycles. The Labute approximate surface area is 85.9 Å². The lowest BCUT2D eigenvalue weighted by Gasteiger charge is -1.98. The third-order valence-corrected chi connectivity index (χ3v) is 1.95. The van der Waals surface area contributed by atoms with E-state index in [-0.39, 0.29) is 0 Å². The second-order valence-electron chi connectivity index (χ2n) is 2.98. The van der Waals surface area contributed by atoms with Crippen molar-refractivity contribution < 1.29 is 9.90 Å². The van der Waals surface area contributed by atoms with Gasteiger partial charge >= 0.3 is 5.97 Å². The Kier molecular flexibility index (Phi) is 2.41. The number of pyridine rings is 2. The molecule has 0 spiro atoms. The van der Waals surface area contributed by atoms with Gasteiger partial charge in [0.05, 0.1) is 5.52 Å². The summed E-state index contributed by atoms with van der Waals surface area (Å²) in [7, 11) is 0. The summed E-state index contributed by atoms with van der Waals surface area (Å²) in [5.74, 6) is -0.983. The van der Waals surface area contributed by atoms with Crippen molar-refractivity contribution in [2.75, 3.05) is 0 Å². The average Bonchev–Trinajstić information content (AvgIpc) is 2.26. The van der Waals surface area contributed by atoms with Crippen molar-refractivity contribution in [3.05, 3.63) is 42.4 Å². The third-order valence-electron chi connectivity index (χ3n) is 1.95. The summed E-state index contributed by atoms with van der Waals surface area (Å²) in [6.07, 6.45) is 7.52. The summed E-state index contributed by atoms with van der Waals surface area (Å²) in [6, 6.07) is 3.70. The van der Waals surface area contributed by atoms with E-state index < -0.39 is 5.97 Å². The molecular formula is C11H8N2O2. The molecule has 15 heavy (non-hydrogen) atoms. The van der Waals surface area contributed by atoms with Gasteiger partial charge in [0.2, 0.25) is 0 Å². The molecule has 0 radical (unpaired) electrons. The fourth-order valence-electron chi connectivity index (χ4n) is 1.31. The van der Waals surface area contributed by atoms with Crippen LogP contribution >= 0.6 is 0 Å². The van der Waals surface area contributed by atoms with Crippen molar-refractivity contribution in [2.45, 2.75) is 0 Å². The maximum atomic E-state index is 10.4. The maximum absolute atomic E-state index is 10.4. The highest BCUT2D eigenvalue weighted by Gasteiger charge is 1.99. The summed E-state index contributed by atoms with van der Waals surface area (Å²) in [5.41, 5.74) is 1.46. The van der Waals surface area contributed by atoms with E-state index >= 15 is 0 Å². The molecule has 0 fully saturated rings. The molecule has 0 saturated heterocycles. The van der Waals surface area contributed by atoms with Crippen LogP contribution in [0.5, 0.6) is 0 Å². The lowest BCUT2D eigenvalue weighted by atomic mass is 10.2. The first-order valence-corrected chi connectivity index (χ1v) is 4.37. The molecular weight excluding hydrogens is 192 g/mol. The number of rotatable bonds is 2. The molecule has 4 heteroatoms. The van der Waals surface area contributed by atoms with E-state index in [1.54, 1.807) is 18.6 Å². The number of carboxylic acid groups (broad SMARTS) is 1. The van der Waals surface area contributed by atoms with Gasteiger partial charge in [-0.25, -0.2) is 4.79 Å². The highest BCUT2D eigenvalue weighted by molar-refractivity contribution is 5.91. The molecule has 2 heterocycles. The molecule has 0 saturated carbocycles. The molecule has 4 nitrogen and oxygen atoms in total. The lowest BCUT2D eigenvalue weighted by Crippen LogP contribution is -1.88. The average molecular weight is 200 g/mol. The van der Waals surface area contributed by atoms with Gasteiger partial charge < -0.3 is 5.11 Å². The SMILES string of the molecule is O=C(O)C=Cc1cncc2cccnc12. The number of carboxylic acids is 1. The van der Waals surface area contributed by atoms with Crippen LogP contribution in [0.15, 0.2) is 36.8 Å². The first kappa shape index (κ1) is 9.33. The number of carbonyl (C=O) groups is 1. The predicted octanol–water partition coefficient (Wildman–Crippen LogP) is 1.73. The van der Waals surface area contributed by atoms with Crippen molar-refractivity contribution in [1.82, 2.24) is 9.97 Å². The zero-order chi connectivity index (χ0) is 10.7.